The van der Waals surface area contributed by atoms with Crippen LogP contribution < -0.4 is 4.72 Å². The first-order valence-corrected chi connectivity index (χ1v) is 18.4. The number of benzene rings is 1. The molecule has 0 fully saturated rings. The fourth-order valence-electron chi connectivity index (χ4n) is 2.29. The predicted octanol–water partition coefficient (Wildman–Crippen LogP) is 3.94. The summed E-state index contributed by atoms with van der Waals surface area (Å²) in [5, 5.41) is 0. The summed E-state index contributed by atoms with van der Waals surface area (Å²) in [5.41, 5.74) is 4.81. The van der Waals surface area contributed by atoms with E-state index in [0.29, 0.717) is 11.6 Å². The van der Waals surface area contributed by atoms with E-state index in [1.807, 2.05) is 12.1 Å². The van der Waals surface area contributed by atoms with Crippen LogP contribution in [0.4, 0.5) is 0 Å². The van der Waals surface area contributed by atoms with E-state index in [2.05, 4.69) is 62.0 Å². The van der Waals surface area contributed by atoms with Crippen LogP contribution in [0.5, 0.6) is 0 Å². The van der Waals surface area contributed by atoms with Crippen LogP contribution >= 0.6 is 0 Å². The molecule has 160 valence electrons. The first-order valence-electron chi connectivity index (χ1n) is 9.54. The Kier molecular flexibility index (Phi) is 8.65. The Morgan fingerprint density at radius 2 is 1.69 bits per heavy atom. The normalized spacial score (nSPS) is 13.2. The maximum absolute atomic E-state index is 12.7. The molecule has 0 aliphatic carbocycles. The van der Waals surface area contributed by atoms with Gasteiger partial charge in [0.2, 0.25) is 10.0 Å². The van der Waals surface area contributed by atoms with E-state index < -0.39 is 38.2 Å². The van der Waals surface area contributed by atoms with Gasteiger partial charge in [-0.05, 0) is 23.7 Å². The highest BCUT2D eigenvalue weighted by Crippen LogP contribution is 2.24. The van der Waals surface area contributed by atoms with Gasteiger partial charge >= 0.3 is 5.97 Å². The van der Waals surface area contributed by atoms with Crippen LogP contribution in [0.25, 0.3) is 0 Å². The molecule has 0 aliphatic heterocycles. The van der Waals surface area contributed by atoms with Gasteiger partial charge in [-0.3, -0.25) is 0 Å². The summed E-state index contributed by atoms with van der Waals surface area (Å²) >= 11 is 0. The van der Waals surface area contributed by atoms with Crippen molar-refractivity contribution in [2.75, 3.05) is 12.9 Å². The summed E-state index contributed by atoms with van der Waals surface area (Å²) in [7, 11) is -5.37. The van der Waals surface area contributed by atoms with E-state index in [1.54, 1.807) is 12.1 Å². The van der Waals surface area contributed by atoms with Crippen LogP contribution in [0.1, 0.15) is 17.2 Å². The van der Waals surface area contributed by atoms with E-state index in [9.17, 15) is 13.2 Å². The largest absolute Gasteiger partial charge is 0.466 e. The summed E-state index contributed by atoms with van der Waals surface area (Å²) < 4.78 is 32.7. The number of rotatable bonds is 8. The maximum Gasteiger partial charge on any atom is 0.335 e. The predicted molar refractivity (Wildman–Crippen MR) is 126 cm³/mol. The average molecular weight is 452 g/mol. The van der Waals surface area contributed by atoms with E-state index in [0.717, 1.165) is 5.56 Å². The van der Waals surface area contributed by atoms with Crippen LogP contribution in [0, 0.1) is 11.5 Å². The molecule has 0 heterocycles. The molecule has 1 aromatic carbocycles. The lowest BCUT2D eigenvalue weighted by molar-refractivity contribution is -0.136. The number of hydrogen-bond donors (Lipinski definition) is 1. The molecule has 1 rings (SSSR count). The Balaban J connectivity index is 3.18. The molecule has 0 spiro atoms. The number of esters is 1. The van der Waals surface area contributed by atoms with E-state index in [1.165, 1.54) is 7.11 Å². The van der Waals surface area contributed by atoms with Crippen LogP contribution in [0.15, 0.2) is 36.4 Å². The molecule has 1 N–H and O–H groups in total. The molecule has 8 heteroatoms. The quantitative estimate of drug-likeness (QED) is 0.281. The fourth-order valence-corrected chi connectivity index (χ4v) is 7.09. The van der Waals surface area contributed by atoms with Gasteiger partial charge in [-0.2, -0.15) is 0 Å². The van der Waals surface area contributed by atoms with Crippen LogP contribution in [-0.2, 0) is 19.6 Å². The second-order valence-electron chi connectivity index (χ2n) is 9.32. The second-order valence-corrected chi connectivity index (χ2v) is 21.6. The highest BCUT2D eigenvalue weighted by atomic mass is 32.2. The number of hydrogen-bond acceptors (Lipinski definition) is 4. The van der Waals surface area contributed by atoms with Crippen molar-refractivity contribution in [3.8, 4) is 11.5 Å². The van der Waals surface area contributed by atoms with Crippen molar-refractivity contribution in [1.29, 1.82) is 0 Å². The zero-order valence-corrected chi connectivity index (χ0v) is 21.4. The van der Waals surface area contributed by atoms with E-state index in [-0.39, 0.29) is 11.3 Å². The maximum atomic E-state index is 12.7. The topological polar surface area (TPSA) is 72.5 Å². The molecule has 5 nitrogen and oxygen atoms in total. The number of nitrogens with one attached hydrogen (secondary N) is 1. The molecule has 1 aromatic rings. The lowest BCUT2D eigenvalue weighted by atomic mass is 10.00. The minimum absolute atomic E-state index is 0.0213. The van der Waals surface area contributed by atoms with Gasteiger partial charge in [0, 0.05) is 13.6 Å². The Labute approximate surface area is 178 Å². The molecule has 0 amide bonds. The zero-order chi connectivity index (χ0) is 22.5. The van der Waals surface area contributed by atoms with Gasteiger partial charge in [0.1, 0.15) is 8.07 Å². The third kappa shape index (κ3) is 9.59. The minimum atomic E-state index is -3.59. The molecule has 0 bridgehead atoms. The molecular weight excluding hydrogens is 418 g/mol. The van der Waals surface area contributed by atoms with Gasteiger partial charge < -0.3 is 4.74 Å². The van der Waals surface area contributed by atoms with Crippen molar-refractivity contribution in [2.45, 2.75) is 51.4 Å². The van der Waals surface area contributed by atoms with E-state index >= 15 is 0 Å². The van der Waals surface area contributed by atoms with Crippen LogP contribution in [0.2, 0.25) is 45.3 Å². The molecule has 1 atom stereocenters. The Morgan fingerprint density at radius 1 is 1.14 bits per heavy atom. The average Bonchev–Trinajstić information content (AvgIpc) is 2.61. The smallest absolute Gasteiger partial charge is 0.335 e. The Hall–Kier alpha value is -1.67. The summed E-state index contributed by atoms with van der Waals surface area (Å²) in [5.74, 6) is 2.54. The molecule has 1 unspecified atom stereocenters. The monoisotopic (exact) mass is 451 g/mol. The van der Waals surface area contributed by atoms with Crippen molar-refractivity contribution >= 4 is 32.1 Å². The van der Waals surface area contributed by atoms with Gasteiger partial charge in [0.05, 0.1) is 24.5 Å². The summed E-state index contributed by atoms with van der Waals surface area (Å²) in [6.07, 6.45) is 0. The van der Waals surface area contributed by atoms with Crippen molar-refractivity contribution in [3.63, 3.8) is 0 Å². The fraction of sp³-hybridized carbons (Fsp3) is 0.476. The van der Waals surface area contributed by atoms with Crippen molar-refractivity contribution < 1.29 is 17.9 Å². The lowest BCUT2D eigenvalue weighted by Crippen LogP contribution is -2.35. The van der Waals surface area contributed by atoms with Crippen molar-refractivity contribution in [2.24, 2.45) is 0 Å². The van der Waals surface area contributed by atoms with E-state index in [4.69, 9.17) is 4.74 Å². The Bertz CT molecular complexity index is 899. The standard InChI is InChI=1S/C21H33NO4SSi2/c1-17(21(23)26-2)20(22-27(24,25)14-16-29(6,7)8)19-11-9-18(10-12-19)13-15-28(3,4)5/h9-12,20,22H,1,14,16H2,2-8H3. The number of ether oxygens (including phenoxy) is 1. The highest BCUT2D eigenvalue weighted by Gasteiger charge is 2.27. The number of carbonyl (C=O) groups is 1. The van der Waals surface area contributed by atoms with Gasteiger partial charge in [-0.1, -0.05) is 63.9 Å². The van der Waals surface area contributed by atoms with Gasteiger partial charge in [-0.15, -0.1) is 5.54 Å². The third-order valence-corrected chi connectivity index (χ3v) is 8.36. The van der Waals surface area contributed by atoms with Crippen molar-refractivity contribution in [1.82, 2.24) is 4.72 Å². The molecule has 0 saturated carbocycles. The third-order valence-electron chi connectivity index (χ3n) is 4.04. The molecule has 0 radical (unpaired) electrons. The second kappa shape index (κ2) is 9.89. The number of sulfonamides is 1. The first kappa shape index (κ1) is 25.4. The van der Waals surface area contributed by atoms with Gasteiger partial charge in [-0.25, -0.2) is 17.9 Å². The Morgan fingerprint density at radius 3 is 2.14 bits per heavy atom. The minimum Gasteiger partial charge on any atom is -0.466 e. The molecule has 0 aliphatic rings. The van der Waals surface area contributed by atoms with Crippen molar-refractivity contribution in [3.05, 3.63) is 47.5 Å². The van der Waals surface area contributed by atoms with Gasteiger partial charge in [0.25, 0.3) is 0 Å². The van der Waals surface area contributed by atoms with Gasteiger partial charge in [0.15, 0.2) is 0 Å². The zero-order valence-electron chi connectivity index (χ0n) is 18.5. The molecule has 0 aromatic heterocycles. The van der Waals surface area contributed by atoms with Crippen LogP contribution in [0.3, 0.4) is 0 Å². The summed E-state index contributed by atoms with van der Waals surface area (Å²) in [4.78, 5) is 12.0. The highest BCUT2D eigenvalue weighted by molar-refractivity contribution is 7.89. The first-order chi connectivity index (χ1) is 13.1. The number of carbonyl (C=O) groups excluding carboxylic acids is 1. The molecule has 29 heavy (non-hydrogen) atoms. The molecule has 0 saturated heterocycles. The summed E-state index contributed by atoms with van der Waals surface area (Å²) in [6.45, 7) is 16.6. The SMILES string of the molecule is C=C(C(=O)OC)C(NS(=O)(=O)CC[Si](C)(C)C)c1ccc(C#C[Si](C)(C)C)cc1. The number of methoxy groups -OCH3 is 1. The molecular formula is C21H33NO4SSi2. The summed E-state index contributed by atoms with van der Waals surface area (Å²) in [6, 6.07) is 6.95. The lowest BCUT2D eigenvalue weighted by Gasteiger charge is -2.22. The van der Waals surface area contributed by atoms with Crippen LogP contribution in [-0.4, -0.2) is 43.4 Å².